The largest absolute Gasteiger partial charge is 0.493 e. The number of nitrogens with zero attached hydrogens (tertiary/aromatic N) is 2. The fourth-order valence-corrected chi connectivity index (χ4v) is 4.98. The van der Waals surface area contributed by atoms with Gasteiger partial charge in [-0.25, -0.2) is 0 Å². The number of amides is 2. The van der Waals surface area contributed by atoms with Crippen molar-refractivity contribution in [2.45, 2.75) is 19.8 Å². The topological polar surface area (TPSA) is 59.0 Å². The summed E-state index contributed by atoms with van der Waals surface area (Å²) in [6.45, 7) is 2.46. The van der Waals surface area contributed by atoms with Crippen molar-refractivity contribution in [1.82, 2.24) is 5.01 Å². The van der Waals surface area contributed by atoms with E-state index in [0.29, 0.717) is 12.4 Å². The summed E-state index contributed by atoms with van der Waals surface area (Å²) < 4.78 is 5.76. The molecular weight excluding hydrogens is 352 g/mol. The van der Waals surface area contributed by atoms with E-state index in [1.165, 1.54) is 0 Å². The molecule has 2 amide bonds. The normalized spacial score (nSPS) is 28.5. The molecule has 5 heteroatoms. The maximum absolute atomic E-state index is 13.0. The van der Waals surface area contributed by atoms with Gasteiger partial charge in [0.2, 0.25) is 0 Å². The Bertz CT molecular complexity index is 994. The van der Waals surface area contributed by atoms with Gasteiger partial charge in [0.15, 0.2) is 0 Å². The zero-order valence-electron chi connectivity index (χ0n) is 15.7. The van der Waals surface area contributed by atoms with Crippen LogP contribution < -0.4 is 4.74 Å². The van der Waals surface area contributed by atoms with Crippen LogP contribution in [0.15, 0.2) is 53.7 Å². The number of imide groups is 1. The minimum atomic E-state index is -0.243. The zero-order valence-corrected chi connectivity index (χ0v) is 15.7. The van der Waals surface area contributed by atoms with Crippen molar-refractivity contribution in [3.8, 4) is 5.75 Å². The van der Waals surface area contributed by atoms with E-state index in [1.807, 2.05) is 43.3 Å². The van der Waals surface area contributed by atoms with Crippen LogP contribution in [-0.2, 0) is 9.59 Å². The van der Waals surface area contributed by atoms with Gasteiger partial charge in [0, 0.05) is 5.56 Å². The van der Waals surface area contributed by atoms with Gasteiger partial charge in [-0.05, 0) is 48.4 Å². The number of allylic oxidation sites excluding steroid dienone is 2. The van der Waals surface area contributed by atoms with E-state index in [0.717, 1.165) is 34.2 Å². The molecule has 4 aliphatic rings. The van der Waals surface area contributed by atoms with Gasteiger partial charge in [-0.15, -0.1) is 0 Å². The highest BCUT2D eigenvalue weighted by Crippen LogP contribution is 2.49. The minimum absolute atomic E-state index is 0.163. The molecule has 2 bridgehead atoms. The summed E-state index contributed by atoms with van der Waals surface area (Å²) in [5.41, 5.74) is 0.788. The summed E-state index contributed by atoms with van der Waals surface area (Å²) in [5.74, 6) is 0.223. The summed E-state index contributed by atoms with van der Waals surface area (Å²) in [6.07, 6.45) is 7.81. The van der Waals surface area contributed by atoms with Crippen molar-refractivity contribution in [1.29, 1.82) is 0 Å². The molecule has 0 aromatic heterocycles. The molecule has 142 valence electrons. The molecule has 1 saturated heterocycles. The van der Waals surface area contributed by atoms with E-state index < -0.39 is 0 Å². The lowest BCUT2D eigenvalue weighted by Crippen LogP contribution is -2.38. The lowest BCUT2D eigenvalue weighted by atomic mass is 9.63. The Morgan fingerprint density at radius 2 is 1.71 bits per heavy atom. The highest BCUT2D eigenvalue weighted by molar-refractivity contribution is 6.08. The summed E-state index contributed by atoms with van der Waals surface area (Å²) in [4.78, 5) is 25.9. The number of hydrogen-bond donors (Lipinski definition) is 0. The molecule has 4 atom stereocenters. The average molecular weight is 374 g/mol. The molecular formula is C23H22N2O3. The molecule has 0 unspecified atom stereocenters. The zero-order chi connectivity index (χ0) is 19.3. The van der Waals surface area contributed by atoms with E-state index in [4.69, 9.17) is 4.74 Å². The predicted octanol–water partition coefficient (Wildman–Crippen LogP) is 3.77. The average Bonchev–Trinajstić information content (AvgIpc) is 3.00. The Balaban J connectivity index is 1.52. The molecule has 2 fully saturated rings. The quantitative estimate of drug-likeness (QED) is 0.465. The second kappa shape index (κ2) is 6.59. The highest BCUT2D eigenvalue weighted by Gasteiger charge is 2.56. The number of carbonyl (C=O) groups is 2. The maximum Gasteiger partial charge on any atom is 0.254 e. The van der Waals surface area contributed by atoms with Gasteiger partial charge < -0.3 is 4.74 Å². The molecule has 2 aromatic rings. The van der Waals surface area contributed by atoms with Crippen LogP contribution in [0.5, 0.6) is 5.75 Å². The second-order valence-electron chi connectivity index (χ2n) is 7.71. The van der Waals surface area contributed by atoms with Crippen molar-refractivity contribution in [3.05, 3.63) is 54.1 Å². The maximum atomic E-state index is 13.0. The molecule has 0 N–H and O–H groups in total. The Hall–Kier alpha value is -2.95. The van der Waals surface area contributed by atoms with Crippen LogP contribution in [-0.4, -0.2) is 29.6 Å². The van der Waals surface area contributed by atoms with Crippen molar-refractivity contribution in [2.24, 2.45) is 28.8 Å². The second-order valence-corrected chi connectivity index (χ2v) is 7.71. The van der Waals surface area contributed by atoms with Crippen LogP contribution in [0.2, 0.25) is 0 Å². The van der Waals surface area contributed by atoms with E-state index in [1.54, 1.807) is 6.21 Å². The molecule has 1 saturated carbocycles. The van der Waals surface area contributed by atoms with Crippen molar-refractivity contribution in [2.75, 3.05) is 6.61 Å². The Labute approximate surface area is 163 Å². The van der Waals surface area contributed by atoms with E-state index >= 15 is 0 Å². The molecule has 1 aliphatic heterocycles. The predicted molar refractivity (Wildman–Crippen MR) is 107 cm³/mol. The lowest BCUT2D eigenvalue weighted by molar-refractivity contribution is -0.140. The third-order valence-electron chi connectivity index (χ3n) is 6.27. The summed E-state index contributed by atoms with van der Waals surface area (Å²) >= 11 is 0. The molecule has 6 rings (SSSR count). The Morgan fingerprint density at radius 1 is 1.04 bits per heavy atom. The number of hydrazone groups is 1. The van der Waals surface area contributed by atoms with E-state index in [2.05, 4.69) is 17.3 Å². The molecule has 0 spiro atoms. The summed E-state index contributed by atoms with van der Waals surface area (Å²) in [7, 11) is 0. The molecule has 2 aromatic carbocycles. The molecule has 0 radical (unpaired) electrons. The van der Waals surface area contributed by atoms with Crippen LogP contribution in [0, 0.1) is 23.7 Å². The highest BCUT2D eigenvalue weighted by atomic mass is 16.5. The number of hydrogen-bond acceptors (Lipinski definition) is 4. The van der Waals surface area contributed by atoms with Gasteiger partial charge in [0.05, 0.1) is 24.7 Å². The number of carbonyl (C=O) groups excluding carboxylic acids is 2. The van der Waals surface area contributed by atoms with Gasteiger partial charge in [-0.1, -0.05) is 42.5 Å². The minimum Gasteiger partial charge on any atom is -0.493 e. The number of fused-ring (bicyclic) bond motifs is 2. The standard InChI is InChI=1S/C23H22N2O3/c1-2-28-19-12-11-14-5-3-4-6-17(14)18(19)13-24-25-22(26)20-15-7-8-16(10-9-15)21(20)23(25)27/h3-8,11-13,15-16,20-21H,2,9-10H2,1H3/b24-13-/t15-,16-,20-,21+/m0/s1. The lowest BCUT2D eigenvalue weighted by Gasteiger charge is -2.37. The van der Waals surface area contributed by atoms with Crippen LogP contribution in [0.1, 0.15) is 25.3 Å². The third-order valence-corrected chi connectivity index (χ3v) is 6.27. The van der Waals surface area contributed by atoms with Crippen LogP contribution in [0.25, 0.3) is 10.8 Å². The van der Waals surface area contributed by atoms with Gasteiger partial charge >= 0.3 is 0 Å². The van der Waals surface area contributed by atoms with Gasteiger partial charge in [0.25, 0.3) is 11.8 Å². The first-order chi connectivity index (χ1) is 13.7. The van der Waals surface area contributed by atoms with Crippen molar-refractivity contribution >= 4 is 28.8 Å². The summed E-state index contributed by atoms with van der Waals surface area (Å²) in [6, 6.07) is 11.9. The van der Waals surface area contributed by atoms with Gasteiger partial charge in [-0.3, -0.25) is 9.59 Å². The van der Waals surface area contributed by atoms with Crippen LogP contribution >= 0.6 is 0 Å². The molecule has 3 aliphatic carbocycles. The Kier molecular flexibility index (Phi) is 4.04. The number of benzene rings is 2. The molecule has 1 heterocycles. The van der Waals surface area contributed by atoms with Gasteiger partial charge in [-0.2, -0.15) is 10.1 Å². The first-order valence-corrected chi connectivity index (χ1v) is 9.93. The van der Waals surface area contributed by atoms with Crippen LogP contribution in [0.3, 0.4) is 0 Å². The first-order valence-electron chi connectivity index (χ1n) is 9.93. The van der Waals surface area contributed by atoms with E-state index in [-0.39, 0.29) is 35.5 Å². The smallest absolute Gasteiger partial charge is 0.254 e. The van der Waals surface area contributed by atoms with E-state index in [9.17, 15) is 9.59 Å². The fraction of sp³-hybridized carbons (Fsp3) is 0.348. The van der Waals surface area contributed by atoms with Gasteiger partial charge in [0.1, 0.15) is 5.75 Å². The number of ether oxygens (including phenoxy) is 1. The van der Waals surface area contributed by atoms with Crippen molar-refractivity contribution in [3.63, 3.8) is 0 Å². The van der Waals surface area contributed by atoms with Crippen LogP contribution in [0.4, 0.5) is 0 Å². The van der Waals surface area contributed by atoms with Crippen molar-refractivity contribution < 1.29 is 14.3 Å². The summed E-state index contributed by atoms with van der Waals surface area (Å²) in [5, 5.41) is 7.51. The third kappa shape index (κ3) is 2.49. The molecule has 5 nitrogen and oxygen atoms in total. The fourth-order valence-electron chi connectivity index (χ4n) is 4.98. The number of rotatable bonds is 4. The first kappa shape index (κ1) is 17.2. The monoisotopic (exact) mass is 374 g/mol. The Morgan fingerprint density at radius 3 is 2.36 bits per heavy atom. The SMILES string of the molecule is CCOc1ccc2ccccc2c1/C=N\N1C(=O)[C@@H]2[C@H](C1=O)[C@H]1C=C[C@H]2CC1. The molecule has 28 heavy (non-hydrogen) atoms.